The Morgan fingerprint density at radius 3 is 1.91 bits per heavy atom. The van der Waals surface area contributed by atoms with Gasteiger partial charge < -0.3 is 9.47 Å². The quantitative estimate of drug-likeness (QED) is 0.496. The minimum atomic E-state index is -1.73. The van der Waals surface area contributed by atoms with Crippen LogP contribution < -0.4 is 4.74 Å². The van der Waals surface area contributed by atoms with Crippen molar-refractivity contribution in [3.05, 3.63) is 65.0 Å². The molecule has 2 rings (SSSR count). The monoisotopic (exact) mass is 310 g/mol. The third-order valence-electron chi connectivity index (χ3n) is 2.74. The van der Waals surface area contributed by atoms with E-state index in [4.69, 9.17) is 0 Å². The lowest BCUT2D eigenvalue weighted by Gasteiger charge is -2.06. The molecule has 114 valence electrons. The first-order valence-electron chi connectivity index (χ1n) is 5.98. The van der Waals surface area contributed by atoms with Gasteiger partial charge in [0.2, 0.25) is 5.82 Å². The third kappa shape index (κ3) is 3.08. The largest absolute Gasteiger partial charge is 0.465 e. The van der Waals surface area contributed by atoms with Crippen LogP contribution >= 0.6 is 0 Å². The standard InChI is InChI=1S/C15H9F3O4/c1-21-14(19)8-2-4-9(5-3-8)15(20)22-11-7-6-10(16)12(17)13(11)18/h2-7H,1H3. The number of rotatable bonds is 3. The Labute approximate surface area is 123 Å². The van der Waals surface area contributed by atoms with Crippen LogP contribution in [0.5, 0.6) is 5.75 Å². The smallest absolute Gasteiger partial charge is 0.343 e. The number of hydrogen-bond donors (Lipinski definition) is 0. The summed E-state index contributed by atoms with van der Waals surface area (Å²) in [7, 11) is 1.20. The van der Waals surface area contributed by atoms with Crippen molar-refractivity contribution in [1.29, 1.82) is 0 Å². The predicted molar refractivity (Wildman–Crippen MR) is 69.1 cm³/mol. The minimum absolute atomic E-state index is 0.00298. The van der Waals surface area contributed by atoms with Crippen LogP contribution in [-0.4, -0.2) is 19.0 Å². The summed E-state index contributed by atoms with van der Waals surface area (Å²) in [5.41, 5.74) is 0.204. The van der Waals surface area contributed by atoms with Gasteiger partial charge in [-0.1, -0.05) is 0 Å². The molecule has 2 aromatic rings. The van der Waals surface area contributed by atoms with Crippen molar-refractivity contribution in [3.8, 4) is 5.75 Å². The van der Waals surface area contributed by atoms with E-state index in [1.165, 1.54) is 31.4 Å². The fourth-order valence-corrected chi connectivity index (χ4v) is 1.61. The first-order chi connectivity index (χ1) is 10.4. The summed E-state index contributed by atoms with van der Waals surface area (Å²) in [6.07, 6.45) is 0. The van der Waals surface area contributed by atoms with Gasteiger partial charge >= 0.3 is 11.9 Å². The van der Waals surface area contributed by atoms with Gasteiger partial charge in [-0.3, -0.25) is 0 Å². The van der Waals surface area contributed by atoms with E-state index in [9.17, 15) is 22.8 Å². The van der Waals surface area contributed by atoms with Gasteiger partial charge in [-0.15, -0.1) is 0 Å². The van der Waals surface area contributed by atoms with E-state index >= 15 is 0 Å². The number of hydrogen-bond acceptors (Lipinski definition) is 4. The van der Waals surface area contributed by atoms with Crippen LogP contribution in [0.1, 0.15) is 20.7 Å². The van der Waals surface area contributed by atoms with Crippen molar-refractivity contribution in [2.45, 2.75) is 0 Å². The highest BCUT2D eigenvalue weighted by Crippen LogP contribution is 2.22. The van der Waals surface area contributed by atoms with Gasteiger partial charge in [0.1, 0.15) is 0 Å². The number of halogens is 3. The Balaban J connectivity index is 2.19. The molecule has 0 aliphatic heterocycles. The summed E-state index contributed by atoms with van der Waals surface area (Å²) >= 11 is 0. The van der Waals surface area contributed by atoms with Crippen molar-refractivity contribution in [2.75, 3.05) is 7.11 Å². The molecule has 0 aliphatic rings. The molecular formula is C15H9F3O4. The van der Waals surface area contributed by atoms with Gasteiger partial charge in [0.25, 0.3) is 0 Å². The Morgan fingerprint density at radius 2 is 1.36 bits per heavy atom. The van der Waals surface area contributed by atoms with Gasteiger partial charge in [0.15, 0.2) is 17.4 Å². The highest BCUT2D eigenvalue weighted by Gasteiger charge is 2.18. The van der Waals surface area contributed by atoms with Crippen molar-refractivity contribution < 1.29 is 32.2 Å². The number of carbonyl (C=O) groups excluding carboxylic acids is 2. The molecule has 0 bridgehead atoms. The van der Waals surface area contributed by atoms with Gasteiger partial charge in [-0.2, -0.15) is 4.39 Å². The highest BCUT2D eigenvalue weighted by molar-refractivity contribution is 5.94. The molecule has 4 nitrogen and oxygen atoms in total. The normalized spacial score (nSPS) is 10.2. The number of ether oxygens (including phenoxy) is 2. The Hall–Kier alpha value is -2.83. The molecule has 0 atom stereocenters. The fraction of sp³-hybridized carbons (Fsp3) is 0.0667. The van der Waals surface area contributed by atoms with E-state index < -0.39 is 35.1 Å². The number of esters is 2. The van der Waals surface area contributed by atoms with Gasteiger partial charge in [-0.05, 0) is 36.4 Å². The van der Waals surface area contributed by atoms with Crippen LogP contribution in [0.2, 0.25) is 0 Å². The fourth-order valence-electron chi connectivity index (χ4n) is 1.61. The molecule has 0 N–H and O–H groups in total. The zero-order valence-electron chi connectivity index (χ0n) is 11.2. The summed E-state index contributed by atoms with van der Waals surface area (Å²) < 4.78 is 48.4. The van der Waals surface area contributed by atoms with Gasteiger partial charge in [0, 0.05) is 0 Å². The van der Waals surface area contributed by atoms with Crippen LogP contribution in [0.4, 0.5) is 13.2 Å². The van der Waals surface area contributed by atoms with Gasteiger partial charge in [0.05, 0.1) is 18.2 Å². The molecular weight excluding hydrogens is 301 g/mol. The van der Waals surface area contributed by atoms with Gasteiger partial charge in [-0.25, -0.2) is 18.4 Å². The summed E-state index contributed by atoms with van der Waals surface area (Å²) in [5, 5.41) is 0. The molecule has 0 fully saturated rings. The molecule has 22 heavy (non-hydrogen) atoms. The number of benzene rings is 2. The average molecular weight is 310 g/mol. The van der Waals surface area contributed by atoms with Crippen molar-refractivity contribution in [2.24, 2.45) is 0 Å². The van der Waals surface area contributed by atoms with Crippen LogP contribution in [0.25, 0.3) is 0 Å². The van der Waals surface area contributed by atoms with Crippen molar-refractivity contribution >= 4 is 11.9 Å². The zero-order valence-corrected chi connectivity index (χ0v) is 11.2. The van der Waals surface area contributed by atoms with Crippen molar-refractivity contribution in [1.82, 2.24) is 0 Å². The topological polar surface area (TPSA) is 52.6 Å². The van der Waals surface area contributed by atoms with E-state index in [-0.39, 0.29) is 11.1 Å². The maximum Gasteiger partial charge on any atom is 0.343 e. The van der Waals surface area contributed by atoms with E-state index in [1.807, 2.05) is 0 Å². The molecule has 0 radical (unpaired) electrons. The van der Waals surface area contributed by atoms with Crippen LogP contribution in [0.15, 0.2) is 36.4 Å². The third-order valence-corrected chi connectivity index (χ3v) is 2.74. The molecule has 0 amide bonds. The molecule has 7 heteroatoms. The molecule has 0 heterocycles. The first-order valence-corrected chi connectivity index (χ1v) is 5.98. The SMILES string of the molecule is COC(=O)c1ccc(C(=O)Oc2ccc(F)c(F)c2F)cc1. The minimum Gasteiger partial charge on any atom is -0.465 e. The summed E-state index contributed by atoms with van der Waals surface area (Å²) in [5.74, 6) is -7.03. The van der Waals surface area contributed by atoms with E-state index in [2.05, 4.69) is 9.47 Å². The Bertz CT molecular complexity index is 726. The van der Waals surface area contributed by atoms with E-state index in [1.54, 1.807) is 0 Å². The van der Waals surface area contributed by atoms with Crippen LogP contribution in [0.3, 0.4) is 0 Å². The second-order valence-electron chi connectivity index (χ2n) is 4.13. The molecule has 2 aromatic carbocycles. The summed E-state index contributed by atoms with van der Waals surface area (Å²) in [6.45, 7) is 0. The lowest BCUT2D eigenvalue weighted by molar-refractivity contribution is 0.0599. The number of carbonyl (C=O) groups is 2. The average Bonchev–Trinajstić information content (AvgIpc) is 2.54. The first kappa shape index (κ1) is 15.6. The van der Waals surface area contributed by atoms with Crippen LogP contribution in [0, 0.1) is 17.5 Å². The zero-order chi connectivity index (χ0) is 16.3. The molecule has 0 aliphatic carbocycles. The molecule has 0 unspecified atom stereocenters. The maximum atomic E-state index is 13.4. The van der Waals surface area contributed by atoms with Crippen molar-refractivity contribution in [3.63, 3.8) is 0 Å². The molecule has 0 aromatic heterocycles. The second-order valence-corrected chi connectivity index (χ2v) is 4.13. The number of methoxy groups -OCH3 is 1. The predicted octanol–water partition coefficient (Wildman–Crippen LogP) is 3.11. The summed E-state index contributed by atoms with van der Waals surface area (Å²) in [4.78, 5) is 23.0. The Kier molecular flexibility index (Phi) is 4.45. The molecule has 0 spiro atoms. The van der Waals surface area contributed by atoms with E-state index in [0.717, 1.165) is 6.07 Å². The van der Waals surface area contributed by atoms with Crippen LogP contribution in [-0.2, 0) is 4.74 Å². The highest BCUT2D eigenvalue weighted by atomic mass is 19.2. The lowest BCUT2D eigenvalue weighted by atomic mass is 10.1. The maximum absolute atomic E-state index is 13.4. The Morgan fingerprint density at radius 1 is 0.818 bits per heavy atom. The molecule has 0 saturated carbocycles. The lowest BCUT2D eigenvalue weighted by Crippen LogP contribution is -2.11. The van der Waals surface area contributed by atoms with E-state index in [0.29, 0.717) is 6.07 Å². The summed E-state index contributed by atoms with van der Waals surface area (Å²) in [6, 6.07) is 6.57. The molecule has 0 saturated heterocycles. The second kappa shape index (κ2) is 6.30.